The molecule has 1 fully saturated rings. The summed E-state index contributed by atoms with van der Waals surface area (Å²) in [5, 5.41) is 8.99. The number of nitriles is 1. The lowest BCUT2D eigenvalue weighted by molar-refractivity contribution is 0.119. The predicted octanol–water partition coefficient (Wildman–Crippen LogP) is 2.91. The second kappa shape index (κ2) is 6.58. The van der Waals surface area contributed by atoms with E-state index in [1.807, 2.05) is 18.2 Å². The van der Waals surface area contributed by atoms with Gasteiger partial charge in [0.25, 0.3) is 0 Å². The lowest BCUT2D eigenvalue weighted by Gasteiger charge is -2.35. The molecule has 102 valence electrons. The van der Waals surface area contributed by atoms with E-state index in [0.717, 1.165) is 31.5 Å². The minimum Gasteiger partial charge on any atom is -0.491 e. The van der Waals surface area contributed by atoms with Crippen LogP contribution in [0, 0.1) is 23.2 Å². The van der Waals surface area contributed by atoms with Gasteiger partial charge in [-0.25, -0.2) is 0 Å². The van der Waals surface area contributed by atoms with Crippen LogP contribution in [-0.2, 0) is 0 Å². The monoisotopic (exact) mass is 258 g/mol. The Morgan fingerprint density at radius 3 is 2.84 bits per heavy atom. The molecule has 0 amide bonds. The predicted molar refractivity (Wildman–Crippen MR) is 76.0 cm³/mol. The van der Waals surface area contributed by atoms with Crippen molar-refractivity contribution in [3.8, 4) is 11.8 Å². The highest BCUT2D eigenvalue weighted by Gasteiger charge is 2.22. The molecular weight excluding hydrogens is 236 g/mol. The Bertz CT molecular complexity index is 452. The van der Waals surface area contributed by atoms with Crippen molar-refractivity contribution < 1.29 is 4.74 Å². The van der Waals surface area contributed by atoms with Gasteiger partial charge in [0, 0.05) is 13.1 Å². The highest BCUT2D eigenvalue weighted by molar-refractivity contribution is 5.42. The molecule has 0 radical (unpaired) electrons. The van der Waals surface area contributed by atoms with Crippen molar-refractivity contribution in [2.24, 2.45) is 11.8 Å². The number of benzene rings is 1. The van der Waals surface area contributed by atoms with Gasteiger partial charge in [-0.05, 0) is 36.9 Å². The van der Waals surface area contributed by atoms with Crippen LogP contribution < -0.4 is 4.74 Å². The molecule has 2 unspecified atom stereocenters. The summed E-state index contributed by atoms with van der Waals surface area (Å²) in [6.07, 6.45) is 1.27. The first-order valence-electron chi connectivity index (χ1n) is 7.05. The van der Waals surface area contributed by atoms with Crippen molar-refractivity contribution in [2.45, 2.75) is 20.3 Å². The molecule has 2 atom stereocenters. The van der Waals surface area contributed by atoms with E-state index in [1.54, 1.807) is 6.07 Å². The highest BCUT2D eigenvalue weighted by atomic mass is 16.5. The standard InChI is InChI=1S/C16H22N2O/c1-13-7-8-18(12-14(13)2)9-10-19-16-6-4-3-5-15(16)11-17/h3-6,13-14H,7-10,12H2,1-2H3. The lowest BCUT2D eigenvalue weighted by atomic mass is 9.89. The Kier molecular flexibility index (Phi) is 4.81. The third kappa shape index (κ3) is 3.71. The molecule has 3 heteroatoms. The molecule has 1 aromatic carbocycles. The quantitative estimate of drug-likeness (QED) is 0.833. The molecular formula is C16H22N2O. The number of piperidine rings is 1. The van der Waals surface area contributed by atoms with Gasteiger partial charge in [-0.1, -0.05) is 26.0 Å². The van der Waals surface area contributed by atoms with Crippen molar-refractivity contribution in [2.75, 3.05) is 26.2 Å². The normalized spacial score (nSPS) is 23.8. The molecule has 3 nitrogen and oxygen atoms in total. The number of rotatable bonds is 4. The summed E-state index contributed by atoms with van der Waals surface area (Å²) >= 11 is 0. The number of para-hydroxylation sites is 1. The van der Waals surface area contributed by atoms with Crippen LogP contribution in [0.5, 0.6) is 5.75 Å². The summed E-state index contributed by atoms with van der Waals surface area (Å²) in [6.45, 7) is 8.57. The minimum atomic E-state index is 0.614. The van der Waals surface area contributed by atoms with Gasteiger partial charge in [0.05, 0.1) is 5.56 Å². The number of ether oxygens (including phenoxy) is 1. The van der Waals surface area contributed by atoms with Crippen LogP contribution in [0.4, 0.5) is 0 Å². The second-order valence-electron chi connectivity index (χ2n) is 5.50. The zero-order chi connectivity index (χ0) is 13.7. The smallest absolute Gasteiger partial charge is 0.137 e. The van der Waals surface area contributed by atoms with Gasteiger partial charge in [0.15, 0.2) is 0 Å². The molecule has 1 aliphatic rings. The molecule has 0 spiro atoms. The number of likely N-dealkylation sites (tertiary alicyclic amines) is 1. The molecule has 0 saturated carbocycles. The van der Waals surface area contributed by atoms with Crippen molar-refractivity contribution in [3.63, 3.8) is 0 Å². The summed E-state index contributed by atoms with van der Waals surface area (Å²) in [5.74, 6) is 2.29. The Hall–Kier alpha value is -1.53. The minimum absolute atomic E-state index is 0.614. The molecule has 2 rings (SSSR count). The zero-order valence-electron chi connectivity index (χ0n) is 11.8. The van der Waals surface area contributed by atoms with E-state index in [0.29, 0.717) is 17.9 Å². The van der Waals surface area contributed by atoms with Crippen molar-refractivity contribution in [1.29, 1.82) is 5.26 Å². The topological polar surface area (TPSA) is 36.3 Å². The number of hydrogen-bond acceptors (Lipinski definition) is 3. The first kappa shape index (κ1) is 13.9. The largest absolute Gasteiger partial charge is 0.491 e. The molecule has 0 N–H and O–H groups in total. The lowest BCUT2D eigenvalue weighted by Crippen LogP contribution is -2.40. The molecule has 1 aliphatic heterocycles. The number of hydrogen-bond donors (Lipinski definition) is 0. The SMILES string of the molecule is CC1CCN(CCOc2ccccc2C#N)CC1C. The van der Waals surface area contributed by atoms with Crippen LogP contribution in [0.25, 0.3) is 0 Å². The third-order valence-corrected chi connectivity index (χ3v) is 4.09. The van der Waals surface area contributed by atoms with Gasteiger partial charge in [0.1, 0.15) is 18.4 Å². The molecule has 19 heavy (non-hydrogen) atoms. The van der Waals surface area contributed by atoms with Crippen LogP contribution in [0.2, 0.25) is 0 Å². The first-order valence-corrected chi connectivity index (χ1v) is 7.05. The summed E-state index contributed by atoms with van der Waals surface area (Å²) < 4.78 is 5.73. The van der Waals surface area contributed by atoms with Gasteiger partial charge in [-0.2, -0.15) is 5.26 Å². The van der Waals surface area contributed by atoms with Crippen molar-refractivity contribution >= 4 is 0 Å². The van der Waals surface area contributed by atoms with Crippen LogP contribution >= 0.6 is 0 Å². The molecule has 0 aliphatic carbocycles. The maximum atomic E-state index is 8.99. The first-order chi connectivity index (χ1) is 9.20. The van der Waals surface area contributed by atoms with Crippen LogP contribution in [0.15, 0.2) is 24.3 Å². The molecule has 1 saturated heterocycles. The average molecular weight is 258 g/mol. The van der Waals surface area contributed by atoms with E-state index in [4.69, 9.17) is 10.00 Å². The van der Waals surface area contributed by atoms with Crippen molar-refractivity contribution in [3.05, 3.63) is 29.8 Å². The summed E-state index contributed by atoms with van der Waals surface area (Å²) in [7, 11) is 0. The van der Waals surface area contributed by atoms with Crippen molar-refractivity contribution in [1.82, 2.24) is 4.90 Å². The fraction of sp³-hybridized carbons (Fsp3) is 0.562. The summed E-state index contributed by atoms with van der Waals surface area (Å²) in [4.78, 5) is 2.46. The molecule has 1 heterocycles. The van der Waals surface area contributed by atoms with Gasteiger partial charge in [0.2, 0.25) is 0 Å². The molecule has 1 aromatic rings. The second-order valence-corrected chi connectivity index (χ2v) is 5.50. The summed E-state index contributed by atoms with van der Waals surface area (Å²) in [6, 6.07) is 9.57. The Morgan fingerprint density at radius 2 is 2.11 bits per heavy atom. The Balaban J connectivity index is 1.79. The van der Waals surface area contributed by atoms with E-state index in [2.05, 4.69) is 24.8 Å². The Labute approximate surface area is 115 Å². The van der Waals surface area contributed by atoms with Gasteiger partial charge >= 0.3 is 0 Å². The summed E-state index contributed by atoms with van der Waals surface area (Å²) in [5.41, 5.74) is 0.614. The highest BCUT2D eigenvalue weighted by Crippen LogP contribution is 2.22. The average Bonchev–Trinajstić information content (AvgIpc) is 2.43. The fourth-order valence-electron chi connectivity index (χ4n) is 2.52. The van der Waals surface area contributed by atoms with Crippen LogP contribution in [0.1, 0.15) is 25.8 Å². The maximum Gasteiger partial charge on any atom is 0.137 e. The van der Waals surface area contributed by atoms with E-state index >= 15 is 0 Å². The third-order valence-electron chi connectivity index (χ3n) is 4.09. The molecule has 0 bridgehead atoms. The fourth-order valence-corrected chi connectivity index (χ4v) is 2.52. The van der Waals surface area contributed by atoms with Crippen LogP contribution in [0.3, 0.4) is 0 Å². The zero-order valence-corrected chi connectivity index (χ0v) is 11.8. The van der Waals surface area contributed by atoms with Gasteiger partial charge < -0.3 is 4.74 Å². The Morgan fingerprint density at radius 1 is 1.32 bits per heavy atom. The van der Waals surface area contributed by atoms with E-state index in [9.17, 15) is 0 Å². The van der Waals surface area contributed by atoms with E-state index in [1.165, 1.54) is 6.42 Å². The maximum absolute atomic E-state index is 8.99. The van der Waals surface area contributed by atoms with E-state index < -0.39 is 0 Å². The van der Waals surface area contributed by atoms with E-state index in [-0.39, 0.29) is 0 Å². The van der Waals surface area contributed by atoms with Crippen LogP contribution in [-0.4, -0.2) is 31.1 Å². The molecule has 0 aromatic heterocycles. The number of nitrogens with zero attached hydrogens (tertiary/aromatic N) is 2. The van der Waals surface area contributed by atoms with Gasteiger partial charge in [-0.15, -0.1) is 0 Å². The van der Waals surface area contributed by atoms with Gasteiger partial charge in [-0.3, -0.25) is 4.90 Å².